The van der Waals surface area contributed by atoms with Gasteiger partial charge < -0.3 is 21.1 Å². The Morgan fingerprint density at radius 2 is 1.44 bits per heavy atom. The van der Waals surface area contributed by atoms with Crippen LogP contribution in [-0.2, 0) is 0 Å². The molecule has 1 saturated carbocycles. The summed E-state index contributed by atoms with van der Waals surface area (Å²) in [6, 6.07) is 17.5. The Kier molecular flexibility index (Phi) is 7.16. The van der Waals surface area contributed by atoms with Gasteiger partial charge in [0.15, 0.2) is 0 Å². The molecule has 2 unspecified atom stereocenters. The van der Waals surface area contributed by atoms with Crippen LogP contribution in [0, 0.1) is 17.2 Å². The predicted octanol–water partition coefficient (Wildman–Crippen LogP) is 3.88. The molecule has 2 aliphatic heterocycles. The van der Waals surface area contributed by atoms with E-state index in [0.717, 1.165) is 23.6 Å². The van der Waals surface area contributed by atoms with E-state index >= 15 is 0 Å². The van der Waals surface area contributed by atoms with Crippen molar-refractivity contribution >= 4 is 17.3 Å². The average Bonchev–Trinajstić information content (AvgIpc) is 3.46. The maximum Gasteiger partial charge on any atom is 0.138 e. The Morgan fingerprint density at radius 1 is 0.861 bits per heavy atom. The molecular weight excluding hydrogens is 450 g/mol. The normalized spacial score (nSPS) is 21.8. The first-order valence-corrected chi connectivity index (χ1v) is 12.7. The molecule has 3 aliphatic rings. The third kappa shape index (κ3) is 5.34. The molecule has 2 aromatic carbocycles. The fourth-order valence-electron chi connectivity index (χ4n) is 5.59. The molecule has 2 saturated heterocycles. The van der Waals surface area contributed by atoms with Gasteiger partial charge in [-0.2, -0.15) is 0 Å². The summed E-state index contributed by atoms with van der Waals surface area (Å²) >= 11 is 0. The molecule has 0 spiro atoms. The minimum absolute atomic E-state index is 0.173. The summed E-state index contributed by atoms with van der Waals surface area (Å²) in [5.41, 5.74) is 12.8. The summed E-state index contributed by atoms with van der Waals surface area (Å²) in [5.74, 6) is 3.95. The molecule has 6 rings (SSSR count). The SMILES string of the molecule is CN1CC(N2CC3CCCC3C2)C1.N=C(c1ccc(Oc2ccccc2)cc1)c1c(N)ncnc1N. The van der Waals surface area contributed by atoms with E-state index in [2.05, 4.69) is 26.8 Å². The molecule has 8 heteroatoms. The highest BCUT2D eigenvalue weighted by molar-refractivity contribution is 6.15. The largest absolute Gasteiger partial charge is 0.457 e. The van der Waals surface area contributed by atoms with Gasteiger partial charge in [-0.1, -0.05) is 24.6 Å². The summed E-state index contributed by atoms with van der Waals surface area (Å²) in [6.07, 6.45) is 5.82. The summed E-state index contributed by atoms with van der Waals surface area (Å²) < 4.78 is 5.72. The van der Waals surface area contributed by atoms with E-state index in [4.69, 9.17) is 21.6 Å². The molecule has 2 atom stereocenters. The second-order valence-electron chi connectivity index (χ2n) is 10.1. The van der Waals surface area contributed by atoms with E-state index in [0.29, 0.717) is 16.9 Å². The van der Waals surface area contributed by atoms with Crippen molar-refractivity contribution in [3.8, 4) is 11.5 Å². The van der Waals surface area contributed by atoms with Gasteiger partial charge in [-0.05, 0) is 68.1 Å². The highest BCUT2D eigenvalue weighted by atomic mass is 16.5. The zero-order valence-corrected chi connectivity index (χ0v) is 20.8. The van der Waals surface area contributed by atoms with Crippen molar-refractivity contribution < 1.29 is 4.74 Å². The number of para-hydroxylation sites is 1. The lowest BCUT2D eigenvalue weighted by atomic mass is 10.0. The Morgan fingerprint density at radius 3 is 2.03 bits per heavy atom. The zero-order valence-electron chi connectivity index (χ0n) is 20.8. The molecule has 3 aromatic rings. The van der Waals surface area contributed by atoms with Gasteiger partial charge in [0.2, 0.25) is 0 Å². The van der Waals surface area contributed by atoms with Gasteiger partial charge in [0.25, 0.3) is 0 Å². The number of fused-ring (bicyclic) bond motifs is 1. The number of nitrogens with one attached hydrogen (secondary N) is 1. The Balaban J connectivity index is 0.000000172. The zero-order chi connectivity index (χ0) is 25.1. The van der Waals surface area contributed by atoms with Crippen LogP contribution in [0.5, 0.6) is 11.5 Å². The molecular formula is C28H35N7O. The lowest BCUT2D eigenvalue weighted by molar-refractivity contribution is 0.0637. The van der Waals surface area contributed by atoms with Crippen LogP contribution in [0.3, 0.4) is 0 Å². The second-order valence-corrected chi connectivity index (χ2v) is 10.1. The van der Waals surface area contributed by atoms with E-state index in [1.807, 2.05) is 30.3 Å². The number of nitrogen functional groups attached to an aromatic ring is 2. The quantitative estimate of drug-likeness (QED) is 0.470. The molecule has 36 heavy (non-hydrogen) atoms. The molecule has 188 valence electrons. The highest BCUT2D eigenvalue weighted by Crippen LogP contribution is 2.39. The molecule has 0 amide bonds. The van der Waals surface area contributed by atoms with Gasteiger partial charge in [0.05, 0.1) is 11.3 Å². The molecule has 1 aliphatic carbocycles. The number of rotatable bonds is 5. The van der Waals surface area contributed by atoms with Crippen LogP contribution in [0.1, 0.15) is 30.4 Å². The number of ether oxygens (including phenoxy) is 1. The highest BCUT2D eigenvalue weighted by Gasteiger charge is 2.41. The Bertz CT molecular complexity index is 1150. The van der Waals surface area contributed by atoms with Crippen molar-refractivity contribution in [3.05, 3.63) is 72.1 Å². The van der Waals surface area contributed by atoms with Crippen LogP contribution in [0.2, 0.25) is 0 Å². The Labute approximate surface area is 212 Å². The minimum Gasteiger partial charge on any atom is -0.457 e. The molecule has 3 heterocycles. The van der Waals surface area contributed by atoms with Crippen LogP contribution < -0.4 is 16.2 Å². The van der Waals surface area contributed by atoms with Gasteiger partial charge in [0, 0.05) is 37.8 Å². The fraction of sp³-hybridized carbons (Fsp3) is 0.393. The maximum absolute atomic E-state index is 8.26. The van der Waals surface area contributed by atoms with Crippen LogP contribution in [0.4, 0.5) is 11.6 Å². The number of nitrogens with zero attached hydrogens (tertiary/aromatic N) is 4. The average molecular weight is 486 g/mol. The van der Waals surface area contributed by atoms with Crippen molar-refractivity contribution in [1.29, 1.82) is 5.41 Å². The topological polar surface area (TPSA) is 117 Å². The first-order valence-electron chi connectivity index (χ1n) is 12.7. The number of nitrogens with two attached hydrogens (primary N) is 2. The summed E-state index contributed by atoms with van der Waals surface area (Å²) in [6.45, 7) is 5.48. The second kappa shape index (κ2) is 10.6. The monoisotopic (exact) mass is 485 g/mol. The van der Waals surface area contributed by atoms with E-state index in [1.54, 1.807) is 24.3 Å². The number of anilines is 2. The smallest absolute Gasteiger partial charge is 0.138 e. The predicted molar refractivity (Wildman–Crippen MR) is 143 cm³/mol. The van der Waals surface area contributed by atoms with Gasteiger partial charge in [-0.15, -0.1) is 0 Å². The van der Waals surface area contributed by atoms with Crippen molar-refractivity contribution in [2.45, 2.75) is 25.3 Å². The number of benzene rings is 2. The molecule has 1 aromatic heterocycles. The first kappa shape index (κ1) is 24.2. The van der Waals surface area contributed by atoms with E-state index in [9.17, 15) is 0 Å². The van der Waals surface area contributed by atoms with Crippen molar-refractivity contribution in [3.63, 3.8) is 0 Å². The minimum atomic E-state index is 0.173. The van der Waals surface area contributed by atoms with Crippen molar-refractivity contribution in [2.75, 3.05) is 44.7 Å². The molecule has 0 radical (unpaired) electrons. The van der Waals surface area contributed by atoms with Crippen molar-refractivity contribution in [1.82, 2.24) is 19.8 Å². The van der Waals surface area contributed by atoms with Gasteiger partial charge in [0.1, 0.15) is 29.5 Å². The van der Waals surface area contributed by atoms with Crippen molar-refractivity contribution in [2.24, 2.45) is 11.8 Å². The van der Waals surface area contributed by atoms with E-state index in [1.165, 1.54) is 51.8 Å². The number of likely N-dealkylation sites (N-methyl/N-ethyl adjacent to an activating group) is 1. The fourth-order valence-corrected chi connectivity index (χ4v) is 5.59. The maximum atomic E-state index is 8.26. The molecule has 0 bridgehead atoms. The lowest BCUT2D eigenvalue weighted by Gasteiger charge is -2.42. The summed E-state index contributed by atoms with van der Waals surface area (Å²) in [5, 5.41) is 8.26. The van der Waals surface area contributed by atoms with Gasteiger partial charge in [-0.25, -0.2) is 9.97 Å². The number of likely N-dealkylation sites (tertiary alicyclic amines) is 2. The molecule has 8 nitrogen and oxygen atoms in total. The summed E-state index contributed by atoms with van der Waals surface area (Å²) in [7, 11) is 2.23. The third-order valence-electron chi connectivity index (χ3n) is 7.59. The van der Waals surface area contributed by atoms with E-state index < -0.39 is 0 Å². The Hall–Kier alpha value is -3.49. The van der Waals surface area contributed by atoms with Crippen LogP contribution in [0.15, 0.2) is 60.9 Å². The summed E-state index contributed by atoms with van der Waals surface area (Å²) in [4.78, 5) is 12.9. The van der Waals surface area contributed by atoms with Crippen LogP contribution >= 0.6 is 0 Å². The number of aromatic nitrogens is 2. The standard InChI is InChI=1S/C17H15N5O.C11H20N2/c18-15(14-16(19)21-10-22-17(14)20)11-6-8-13(9-7-11)23-12-4-2-1-3-5-12;1-12-7-11(8-12)13-5-9-3-2-4-10(9)6-13/h1-10,18H,(H4,19,20,21,22);9-11H,2-8H2,1H3. The van der Waals surface area contributed by atoms with Gasteiger partial charge in [-0.3, -0.25) is 10.3 Å². The van der Waals surface area contributed by atoms with Crippen LogP contribution in [0.25, 0.3) is 0 Å². The van der Waals surface area contributed by atoms with E-state index in [-0.39, 0.29) is 17.3 Å². The molecule has 3 fully saturated rings. The first-order chi connectivity index (χ1) is 17.5. The number of hydrogen-bond acceptors (Lipinski definition) is 8. The third-order valence-corrected chi connectivity index (χ3v) is 7.59. The van der Waals surface area contributed by atoms with Gasteiger partial charge >= 0.3 is 0 Å². The van der Waals surface area contributed by atoms with Crippen LogP contribution in [-0.4, -0.2) is 64.7 Å². The lowest BCUT2D eigenvalue weighted by Crippen LogP contribution is -2.57. The molecule has 5 N–H and O–H groups in total. The number of hydrogen-bond donors (Lipinski definition) is 3.